The number of anilines is 3. The van der Waals surface area contributed by atoms with Crippen molar-refractivity contribution in [3.63, 3.8) is 0 Å². The zero-order chi connectivity index (χ0) is 26.6. The fraction of sp³-hybridized carbons (Fsp3) is 0.185. The molecule has 0 unspecified atom stereocenters. The maximum absolute atomic E-state index is 13.2. The van der Waals surface area contributed by atoms with Gasteiger partial charge in [0, 0.05) is 23.5 Å². The average molecular weight is 501 g/mol. The number of nitrogens with zero attached hydrogens (tertiary/aromatic N) is 3. The van der Waals surface area contributed by atoms with Crippen molar-refractivity contribution in [1.29, 1.82) is 5.26 Å². The summed E-state index contributed by atoms with van der Waals surface area (Å²) in [5, 5.41) is 27.4. The number of carbonyl (C=O) groups is 2. The number of amides is 3. The Labute approximate surface area is 212 Å². The normalized spacial score (nSPS) is 11.1. The van der Waals surface area contributed by atoms with E-state index in [1.54, 1.807) is 60.9 Å². The second-order valence-corrected chi connectivity index (χ2v) is 9.08. The maximum atomic E-state index is 13.2. The fourth-order valence-electron chi connectivity index (χ4n) is 3.61. The van der Waals surface area contributed by atoms with E-state index in [4.69, 9.17) is 5.26 Å². The Hall–Kier alpha value is -4.75. The minimum absolute atomic E-state index is 0.257. The Balaban J connectivity index is 1.58. The summed E-state index contributed by atoms with van der Waals surface area (Å²) in [5.74, 6) is -0.578. The molecule has 3 aromatic carbocycles. The van der Waals surface area contributed by atoms with Crippen molar-refractivity contribution >= 4 is 40.3 Å². The molecule has 1 heterocycles. The molecule has 4 N–H and O–H groups in total. The summed E-state index contributed by atoms with van der Waals surface area (Å²) in [7, 11) is 0. The first-order valence-corrected chi connectivity index (χ1v) is 11.5. The van der Waals surface area contributed by atoms with Gasteiger partial charge in [0.2, 0.25) is 5.95 Å². The van der Waals surface area contributed by atoms with Gasteiger partial charge in [0.25, 0.3) is 5.91 Å². The summed E-state index contributed by atoms with van der Waals surface area (Å²) >= 11 is 0. The van der Waals surface area contributed by atoms with Crippen molar-refractivity contribution < 1.29 is 19.1 Å². The fourth-order valence-corrected chi connectivity index (χ4v) is 3.61. The number of hydrogen-bond acceptors (Lipinski definition) is 5. The van der Waals surface area contributed by atoms with Crippen LogP contribution in [0.3, 0.4) is 0 Å². The van der Waals surface area contributed by atoms with Crippen LogP contribution in [0.15, 0.2) is 66.7 Å². The van der Waals surface area contributed by atoms with Crippen LogP contribution in [0, 0.1) is 17.1 Å². The van der Waals surface area contributed by atoms with Gasteiger partial charge >= 0.3 is 6.03 Å². The lowest BCUT2D eigenvalue weighted by Gasteiger charge is -2.18. The van der Waals surface area contributed by atoms with Crippen molar-refractivity contribution in [2.24, 2.45) is 0 Å². The standard InChI is InChI=1S/C27H25FN6O3/c1-27(2,37)13-14-34-23-12-11-21(30-24(35)18-5-7-19(28)8-6-18)15-22(23)32-25(34)33-26(36)31-20-9-3-17(16-29)4-10-20/h3-12,15,37H,13-14H2,1-2H3,(H,30,35)(H2,31,32,33,36). The Morgan fingerprint density at radius 1 is 1.00 bits per heavy atom. The van der Waals surface area contributed by atoms with Gasteiger partial charge in [-0.2, -0.15) is 5.26 Å². The molecule has 0 saturated heterocycles. The molecule has 4 aromatic rings. The largest absolute Gasteiger partial charge is 0.390 e. The van der Waals surface area contributed by atoms with Crippen molar-refractivity contribution in [3.8, 4) is 6.07 Å². The molecule has 4 rings (SSSR count). The summed E-state index contributed by atoms with van der Waals surface area (Å²) in [6.07, 6.45) is 0.396. The third kappa shape index (κ3) is 6.48. The molecular weight excluding hydrogens is 475 g/mol. The van der Waals surface area contributed by atoms with Gasteiger partial charge in [-0.05, 0) is 87.0 Å². The van der Waals surface area contributed by atoms with Crippen LogP contribution in [0.5, 0.6) is 0 Å². The molecule has 0 bridgehead atoms. The van der Waals surface area contributed by atoms with Crippen molar-refractivity contribution in [1.82, 2.24) is 9.55 Å². The molecule has 0 radical (unpaired) electrons. The molecule has 1 aromatic heterocycles. The Kier molecular flexibility index (Phi) is 7.18. The number of fused-ring (bicyclic) bond motifs is 1. The first-order chi connectivity index (χ1) is 17.6. The van der Waals surface area contributed by atoms with E-state index < -0.39 is 23.4 Å². The lowest BCUT2D eigenvalue weighted by Crippen LogP contribution is -2.24. The van der Waals surface area contributed by atoms with E-state index in [1.165, 1.54) is 24.3 Å². The van der Waals surface area contributed by atoms with Gasteiger partial charge in [-0.15, -0.1) is 0 Å². The molecule has 0 aliphatic rings. The van der Waals surface area contributed by atoms with Crippen LogP contribution in [0.1, 0.15) is 36.2 Å². The topological polar surface area (TPSA) is 132 Å². The highest BCUT2D eigenvalue weighted by Gasteiger charge is 2.18. The number of aliphatic hydroxyl groups is 1. The van der Waals surface area contributed by atoms with Gasteiger partial charge in [0.15, 0.2) is 0 Å². The number of hydrogen-bond donors (Lipinski definition) is 4. The predicted octanol–water partition coefficient (Wildman–Crippen LogP) is 5.10. The van der Waals surface area contributed by atoms with Crippen LogP contribution < -0.4 is 16.0 Å². The summed E-state index contributed by atoms with van der Waals surface area (Å²) < 4.78 is 14.9. The molecule has 0 aliphatic carbocycles. The van der Waals surface area contributed by atoms with Gasteiger partial charge in [-0.1, -0.05) is 0 Å². The molecule has 0 aliphatic heterocycles. The number of nitriles is 1. The summed E-state index contributed by atoms with van der Waals surface area (Å²) in [4.78, 5) is 29.8. The minimum Gasteiger partial charge on any atom is -0.390 e. The predicted molar refractivity (Wildman–Crippen MR) is 139 cm³/mol. The van der Waals surface area contributed by atoms with Crippen LogP contribution in [-0.4, -0.2) is 32.2 Å². The summed E-state index contributed by atoms with van der Waals surface area (Å²) in [6.45, 7) is 3.76. The number of aryl methyl sites for hydroxylation is 1. The molecule has 3 amide bonds. The zero-order valence-electron chi connectivity index (χ0n) is 20.2. The zero-order valence-corrected chi connectivity index (χ0v) is 20.2. The van der Waals surface area contributed by atoms with E-state index in [2.05, 4.69) is 20.9 Å². The monoisotopic (exact) mass is 500 g/mol. The van der Waals surface area contributed by atoms with E-state index >= 15 is 0 Å². The smallest absolute Gasteiger partial charge is 0.326 e. The number of rotatable bonds is 7. The Morgan fingerprint density at radius 2 is 1.68 bits per heavy atom. The minimum atomic E-state index is -0.943. The van der Waals surface area contributed by atoms with Crippen LogP contribution in [0.25, 0.3) is 11.0 Å². The first-order valence-electron chi connectivity index (χ1n) is 11.5. The maximum Gasteiger partial charge on any atom is 0.326 e. The second kappa shape index (κ2) is 10.5. The molecule has 0 spiro atoms. The van der Waals surface area contributed by atoms with Crippen LogP contribution >= 0.6 is 0 Å². The van der Waals surface area contributed by atoms with Gasteiger partial charge < -0.3 is 20.3 Å². The molecule has 37 heavy (non-hydrogen) atoms. The number of carbonyl (C=O) groups excluding carboxylic acids is 2. The molecular formula is C27H25FN6O3. The molecule has 0 saturated carbocycles. The van der Waals surface area contributed by atoms with Crippen LogP contribution in [0.4, 0.5) is 26.5 Å². The Morgan fingerprint density at radius 3 is 2.32 bits per heavy atom. The first kappa shape index (κ1) is 25.3. The Bertz CT molecular complexity index is 1480. The van der Waals surface area contributed by atoms with Crippen LogP contribution in [-0.2, 0) is 6.54 Å². The number of urea groups is 1. The van der Waals surface area contributed by atoms with Gasteiger partial charge in [0.1, 0.15) is 5.82 Å². The number of imidazole rings is 1. The highest BCUT2D eigenvalue weighted by molar-refractivity contribution is 6.05. The van der Waals surface area contributed by atoms with Crippen molar-refractivity contribution in [2.45, 2.75) is 32.4 Å². The summed E-state index contributed by atoms with van der Waals surface area (Å²) in [6, 6.07) is 18.2. The van der Waals surface area contributed by atoms with E-state index in [0.717, 1.165) is 0 Å². The van der Waals surface area contributed by atoms with E-state index in [1.807, 2.05) is 6.07 Å². The quantitative estimate of drug-likeness (QED) is 0.280. The molecule has 0 atom stereocenters. The second-order valence-electron chi connectivity index (χ2n) is 9.08. The summed E-state index contributed by atoms with van der Waals surface area (Å²) in [5.41, 5.74) is 2.02. The third-order valence-electron chi connectivity index (χ3n) is 5.56. The highest BCUT2D eigenvalue weighted by Crippen LogP contribution is 2.25. The number of nitrogens with one attached hydrogen (secondary N) is 3. The van der Waals surface area contributed by atoms with Crippen molar-refractivity contribution in [2.75, 3.05) is 16.0 Å². The third-order valence-corrected chi connectivity index (χ3v) is 5.56. The van der Waals surface area contributed by atoms with Gasteiger partial charge in [-0.3, -0.25) is 10.1 Å². The van der Waals surface area contributed by atoms with Crippen LogP contribution in [0.2, 0.25) is 0 Å². The number of benzene rings is 3. The van der Waals surface area contributed by atoms with Gasteiger partial charge in [0.05, 0.1) is 28.3 Å². The van der Waals surface area contributed by atoms with Crippen molar-refractivity contribution in [3.05, 3.63) is 83.7 Å². The highest BCUT2D eigenvalue weighted by atomic mass is 19.1. The lowest BCUT2D eigenvalue weighted by molar-refractivity contribution is 0.0667. The molecule has 10 heteroatoms. The van der Waals surface area contributed by atoms with Gasteiger partial charge in [-0.25, -0.2) is 14.2 Å². The average Bonchev–Trinajstić information content (AvgIpc) is 3.19. The number of halogens is 1. The molecule has 9 nitrogen and oxygen atoms in total. The van der Waals surface area contributed by atoms with E-state index in [0.29, 0.717) is 46.5 Å². The van der Waals surface area contributed by atoms with E-state index in [9.17, 15) is 19.1 Å². The number of aromatic nitrogens is 2. The molecule has 0 fully saturated rings. The molecule has 188 valence electrons. The van der Waals surface area contributed by atoms with E-state index in [-0.39, 0.29) is 5.95 Å². The lowest BCUT2D eigenvalue weighted by atomic mass is 10.1. The SMILES string of the molecule is CC(C)(O)CCn1c(NC(=O)Nc2ccc(C#N)cc2)nc2cc(NC(=O)c3ccc(F)cc3)ccc21.